The number of anilines is 1. The van der Waals surface area contributed by atoms with E-state index in [0.29, 0.717) is 23.0 Å². The van der Waals surface area contributed by atoms with Gasteiger partial charge in [0.15, 0.2) is 5.82 Å². The van der Waals surface area contributed by atoms with Crippen LogP contribution in [0.5, 0.6) is 0 Å². The Morgan fingerprint density at radius 1 is 1.38 bits per heavy atom. The van der Waals surface area contributed by atoms with E-state index in [0.717, 1.165) is 24.5 Å². The van der Waals surface area contributed by atoms with E-state index in [1.165, 1.54) is 11.3 Å². The van der Waals surface area contributed by atoms with Crippen LogP contribution in [0.25, 0.3) is 10.8 Å². The molecule has 1 atom stereocenters. The first-order valence-corrected chi connectivity index (χ1v) is 9.14. The summed E-state index contributed by atoms with van der Waals surface area (Å²) in [5.74, 6) is 0.858. The molecule has 0 aliphatic carbocycles. The topological polar surface area (TPSA) is 96.2 Å². The van der Waals surface area contributed by atoms with Crippen molar-refractivity contribution in [3.8, 4) is 10.8 Å². The largest absolute Gasteiger partial charge is 0.333 e. The average molecular weight is 370 g/mol. The van der Waals surface area contributed by atoms with Crippen molar-refractivity contribution in [2.24, 2.45) is 0 Å². The van der Waals surface area contributed by atoms with Crippen molar-refractivity contribution in [2.75, 3.05) is 32.0 Å². The van der Waals surface area contributed by atoms with Gasteiger partial charge in [-0.15, -0.1) is 11.3 Å². The number of hydrogen-bond acceptors (Lipinski definition) is 8. The third-order valence-electron chi connectivity index (χ3n) is 4.30. The fourth-order valence-corrected chi connectivity index (χ4v) is 3.60. The summed E-state index contributed by atoms with van der Waals surface area (Å²) in [6, 6.07) is 5.24. The van der Waals surface area contributed by atoms with Gasteiger partial charge < -0.3 is 15.2 Å². The molecule has 26 heavy (non-hydrogen) atoms. The summed E-state index contributed by atoms with van der Waals surface area (Å²) in [6.07, 6.45) is 3.17. The van der Waals surface area contributed by atoms with Crippen LogP contribution in [0.1, 0.15) is 22.2 Å². The third kappa shape index (κ3) is 3.36. The number of pyridine rings is 1. The SMILES string of the molecule is CN1CCNCC1c1noc(-c2sccc2NC(=O)c2ccncc2)n1. The molecule has 4 rings (SSSR count). The van der Waals surface area contributed by atoms with Crippen molar-refractivity contribution in [1.29, 1.82) is 0 Å². The van der Waals surface area contributed by atoms with Crippen LogP contribution in [0.2, 0.25) is 0 Å². The molecule has 1 aliphatic heterocycles. The molecule has 2 N–H and O–H groups in total. The van der Waals surface area contributed by atoms with Crippen molar-refractivity contribution < 1.29 is 9.32 Å². The number of likely N-dealkylation sites (N-methyl/N-ethyl adjacent to an activating group) is 1. The molecule has 1 fully saturated rings. The summed E-state index contributed by atoms with van der Waals surface area (Å²) in [4.78, 5) is 23.8. The van der Waals surface area contributed by atoms with Gasteiger partial charge in [-0.3, -0.25) is 14.7 Å². The Bertz CT molecular complexity index is 894. The predicted octanol–water partition coefficient (Wildman–Crippen LogP) is 2.02. The maximum absolute atomic E-state index is 12.4. The van der Waals surface area contributed by atoms with Gasteiger partial charge >= 0.3 is 0 Å². The van der Waals surface area contributed by atoms with Gasteiger partial charge in [-0.2, -0.15) is 4.98 Å². The lowest BCUT2D eigenvalue weighted by molar-refractivity contribution is 0.102. The highest BCUT2D eigenvalue weighted by Gasteiger charge is 2.26. The highest BCUT2D eigenvalue weighted by Crippen LogP contribution is 2.33. The Kier molecular flexibility index (Phi) is 4.74. The molecular formula is C17H18N6O2S. The summed E-state index contributed by atoms with van der Waals surface area (Å²) >= 11 is 1.45. The van der Waals surface area contributed by atoms with Crippen molar-refractivity contribution in [3.63, 3.8) is 0 Å². The number of carbonyl (C=O) groups is 1. The van der Waals surface area contributed by atoms with E-state index in [1.807, 2.05) is 18.5 Å². The zero-order valence-electron chi connectivity index (χ0n) is 14.2. The molecule has 0 spiro atoms. The number of amides is 1. The van der Waals surface area contributed by atoms with Gasteiger partial charge in [0, 0.05) is 37.6 Å². The lowest BCUT2D eigenvalue weighted by Gasteiger charge is -2.30. The fraction of sp³-hybridized carbons (Fsp3) is 0.294. The van der Waals surface area contributed by atoms with Crippen LogP contribution in [-0.4, -0.2) is 52.6 Å². The van der Waals surface area contributed by atoms with Gasteiger partial charge in [0.25, 0.3) is 11.8 Å². The first-order chi connectivity index (χ1) is 12.7. The zero-order valence-corrected chi connectivity index (χ0v) is 15.0. The summed E-state index contributed by atoms with van der Waals surface area (Å²) in [5.41, 5.74) is 1.19. The zero-order chi connectivity index (χ0) is 17.9. The van der Waals surface area contributed by atoms with E-state index in [2.05, 4.69) is 30.7 Å². The average Bonchev–Trinajstić information content (AvgIpc) is 3.32. The molecule has 1 saturated heterocycles. The van der Waals surface area contributed by atoms with Crippen molar-refractivity contribution in [3.05, 3.63) is 47.4 Å². The lowest BCUT2D eigenvalue weighted by atomic mass is 10.2. The van der Waals surface area contributed by atoms with Crippen LogP contribution in [-0.2, 0) is 0 Å². The van der Waals surface area contributed by atoms with E-state index in [-0.39, 0.29) is 11.9 Å². The van der Waals surface area contributed by atoms with Crippen LogP contribution >= 0.6 is 11.3 Å². The molecule has 4 heterocycles. The second kappa shape index (κ2) is 7.32. The standard InChI is InChI=1S/C17H18N6O2S/c1-23-8-7-19-10-13(23)15-21-17(25-22-15)14-12(4-9-26-14)20-16(24)11-2-5-18-6-3-11/h2-6,9,13,19H,7-8,10H2,1H3,(H,20,24). The number of carbonyl (C=O) groups excluding carboxylic acids is 1. The molecule has 1 unspecified atom stereocenters. The van der Waals surface area contributed by atoms with Crippen LogP contribution in [0.15, 0.2) is 40.5 Å². The first-order valence-electron chi connectivity index (χ1n) is 8.26. The Morgan fingerprint density at radius 3 is 3.04 bits per heavy atom. The monoisotopic (exact) mass is 370 g/mol. The van der Waals surface area contributed by atoms with Crippen molar-refractivity contribution >= 4 is 22.9 Å². The Labute approximate surface area is 154 Å². The number of nitrogens with one attached hydrogen (secondary N) is 2. The van der Waals surface area contributed by atoms with Gasteiger partial charge in [0.05, 0.1) is 11.7 Å². The molecule has 0 bridgehead atoms. The van der Waals surface area contributed by atoms with Gasteiger partial charge in [0.1, 0.15) is 4.88 Å². The number of rotatable bonds is 4. The number of nitrogens with zero attached hydrogens (tertiary/aromatic N) is 4. The summed E-state index contributed by atoms with van der Waals surface area (Å²) in [5, 5.41) is 12.3. The molecule has 134 valence electrons. The summed E-state index contributed by atoms with van der Waals surface area (Å²) in [7, 11) is 2.05. The van der Waals surface area contributed by atoms with E-state index in [1.54, 1.807) is 24.5 Å². The maximum atomic E-state index is 12.4. The Hall–Kier alpha value is -2.62. The van der Waals surface area contributed by atoms with Crippen LogP contribution in [0.4, 0.5) is 5.69 Å². The fourth-order valence-electron chi connectivity index (χ4n) is 2.83. The number of thiophene rings is 1. The highest BCUT2D eigenvalue weighted by molar-refractivity contribution is 7.14. The molecule has 3 aromatic rings. The summed E-state index contributed by atoms with van der Waals surface area (Å²) in [6.45, 7) is 2.67. The third-order valence-corrected chi connectivity index (χ3v) is 5.20. The van der Waals surface area contributed by atoms with Gasteiger partial charge in [-0.05, 0) is 30.6 Å². The molecule has 0 saturated carbocycles. The van der Waals surface area contributed by atoms with Crippen molar-refractivity contribution in [1.82, 2.24) is 25.3 Å². The second-order valence-corrected chi connectivity index (χ2v) is 6.93. The normalized spacial score (nSPS) is 18.0. The lowest BCUT2D eigenvalue weighted by Crippen LogP contribution is -2.44. The molecule has 0 aromatic carbocycles. The number of aromatic nitrogens is 3. The van der Waals surface area contributed by atoms with Crippen LogP contribution in [0.3, 0.4) is 0 Å². The summed E-state index contributed by atoms with van der Waals surface area (Å²) < 4.78 is 5.47. The van der Waals surface area contributed by atoms with E-state index in [9.17, 15) is 4.79 Å². The van der Waals surface area contributed by atoms with E-state index in [4.69, 9.17) is 4.52 Å². The minimum absolute atomic E-state index is 0.0797. The maximum Gasteiger partial charge on any atom is 0.270 e. The minimum atomic E-state index is -0.206. The molecule has 1 aliphatic rings. The quantitative estimate of drug-likeness (QED) is 0.725. The molecule has 9 heteroatoms. The first kappa shape index (κ1) is 16.8. The predicted molar refractivity (Wildman–Crippen MR) is 98.0 cm³/mol. The molecule has 1 amide bonds. The molecule has 8 nitrogen and oxygen atoms in total. The minimum Gasteiger partial charge on any atom is -0.333 e. The number of piperazine rings is 1. The van der Waals surface area contributed by atoms with Crippen molar-refractivity contribution in [2.45, 2.75) is 6.04 Å². The molecule has 3 aromatic heterocycles. The van der Waals surface area contributed by atoms with E-state index < -0.39 is 0 Å². The van der Waals surface area contributed by atoms with E-state index >= 15 is 0 Å². The Morgan fingerprint density at radius 2 is 2.23 bits per heavy atom. The number of hydrogen-bond donors (Lipinski definition) is 2. The van der Waals surface area contributed by atoms with Crippen LogP contribution < -0.4 is 10.6 Å². The Balaban J connectivity index is 1.55. The van der Waals surface area contributed by atoms with Gasteiger partial charge in [0.2, 0.25) is 0 Å². The smallest absolute Gasteiger partial charge is 0.270 e. The van der Waals surface area contributed by atoms with Gasteiger partial charge in [-0.25, -0.2) is 0 Å². The molecule has 0 radical (unpaired) electrons. The van der Waals surface area contributed by atoms with Gasteiger partial charge in [-0.1, -0.05) is 5.16 Å². The highest BCUT2D eigenvalue weighted by atomic mass is 32.1. The second-order valence-electron chi connectivity index (χ2n) is 6.01. The molecular weight excluding hydrogens is 352 g/mol. The van der Waals surface area contributed by atoms with Crippen LogP contribution in [0, 0.1) is 0 Å².